The predicted molar refractivity (Wildman–Crippen MR) is 92.2 cm³/mol. The lowest BCUT2D eigenvalue weighted by Crippen LogP contribution is -2.44. The van der Waals surface area contributed by atoms with Crippen LogP contribution >= 0.6 is 0 Å². The van der Waals surface area contributed by atoms with Crippen LogP contribution < -0.4 is 0 Å². The molecule has 126 valence electrons. The lowest BCUT2D eigenvalue weighted by Gasteiger charge is -2.33. The van der Waals surface area contributed by atoms with E-state index in [1.54, 1.807) is 0 Å². The zero-order valence-electron chi connectivity index (χ0n) is 14.1. The maximum Gasteiger partial charge on any atom is 0.236 e. The largest absolute Gasteiger partial charge is 0.342 e. The van der Waals surface area contributed by atoms with Crippen molar-refractivity contribution in [3.63, 3.8) is 0 Å². The Hall–Kier alpha value is -1.42. The lowest BCUT2D eigenvalue weighted by atomic mass is 9.90. The molecular formula is C19H29N3O. The van der Waals surface area contributed by atoms with E-state index in [0.29, 0.717) is 18.4 Å². The molecule has 3 rings (SSSR count). The van der Waals surface area contributed by atoms with Crippen LogP contribution in [0.1, 0.15) is 44.1 Å². The van der Waals surface area contributed by atoms with Gasteiger partial charge in [-0.15, -0.1) is 0 Å². The van der Waals surface area contributed by atoms with E-state index >= 15 is 0 Å². The summed E-state index contributed by atoms with van der Waals surface area (Å²) >= 11 is 0. The molecule has 0 saturated carbocycles. The Morgan fingerprint density at radius 3 is 2.30 bits per heavy atom. The van der Waals surface area contributed by atoms with Crippen molar-refractivity contribution in [3.05, 3.63) is 30.1 Å². The van der Waals surface area contributed by atoms with Gasteiger partial charge in [-0.25, -0.2) is 0 Å². The summed E-state index contributed by atoms with van der Waals surface area (Å²) in [7, 11) is 0. The van der Waals surface area contributed by atoms with Crippen LogP contribution in [0.25, 0.3) is 0 Å². The number of nitrogens with zero attached hydrogens (tertiary/aromatic N) is 3. The number of hydrogen-bond acceptors (Lipinski definition) is 3. The van der Waals surface area contributed by atoms with E-state index in [-0.39, 0.29) is 0 Å². The van der Waals surface area contributed by atoms with Crippen molar-refractivity contribution in [2.24, 2.45) is 5.92 Å². The molecule has 1 aromatic heterocycles. The average molecular weight is 315 g/mol. The van der Waals surface area contributed by atoms with Gasteiger partial charge in [-0.1, -0.05) is 12.8 Å². The van der Waals surface area contributed by atoms with Crippen LogP contribution in [0.3, 0.4) is 0 Å². The average Bonchev–Trinajstić information content (AvgIpc) is 2.85. The molecule has 0 aromatic carbocycles. The van der Waals surface area contributed by atoms with Crippen LogP contribution in [0, 0.1) is 5.92 Å². The van der Waals surface area contributed by atoms with E-state index < -0.39 is 0 Å². The predicted octanol–water partition coefficient (Wildman–Crippen LogP) is 2.74. The highest BCUT2D eigenvalue weighted by Crippen LogP contribution is 2.21. The zero-order valence-corrected chi connectivity index (χ0v) is 14.1. The fraction of sp³-hybridized carbons (Fsp3) is 0.684. The number of hydrogen-bond donors (Lipinski definition) is 0. The van der Waals surface area contributed by atoms with Crippen molar-refractivity contribution < 1.29 is 4.79 Å². The van der Waals surface area contributed by atoms with Crippen molar-refractivity contribution in [3.8, 4) is 0 Å². The van der Waals surface area contributed by atoms with Gasteiger partial charge in [-0.3, -0.25) is 14.7 Å². The van der Waals surface area contributed by atoms with E-state index in [1.807, 2.05) is 12.4 Å². The Morgan fingerprint density at radius 2 is 1.65 bits per heavy atom. The minimum absolute atomic E-state index is 0.342. The SMILES string of the molecule is O=C(CN1CCCCCC1)N1CCC(Cc2ccncc2)CC1. The molecule has 0 spiro atoms. The van der Waals surface area contributed by atoms with Crippen LogP contribution in [0.2, 0.25) is 0 Å². The number of pyridine rings is 1. The Labute approximate surface area is 139 Å². The number of likely N-dealkylation sites (tertiary alicyclic amines) is 2. The number of rotatable bonds is 4. The third kappa shape index (κ3) is 5.03. The molecular weight excluding hydrogens is 286 g/mol. The molecule has 2 fully saturated rings. The van der Waals surface area contributed by atoms with E-state index in [9.17, 15) is 4.79 Å². The van der Waals surface area contributed by atoms with Crippen LogP contribution in [0.4, 0.5) is 0 Å². The molecule has 2 aliphatic rings. The third-order valence-electron chi connectivity index (χ3n) is 5.30. The number of aromatic nitrogens is 1. The maximum absolute atomic E-state index is 12.5. The molecule has 0 atom stereocenters. The number of carbonyl (C=O) groups is 1. The number of carbonyl (C=O) groups excluding carboxylic acids is 1. The quantitative estimate of drug-likeness (QED) is 0.857. The van der Waals surface area contributed by atoms with Gasteiger partial charge in [-0.2, -0.15) is 0 Å². The minimum atomic E-state index is 0.342. The van der Waals surface area contributed by atoms with Crippen molar-refractivity contribution in [1.82, 2.24) is 14.8 Å². The number of piperidine rings is 1. The van der Waals surface area contributed by atoms with Gasteiger partial charge in [0.25, 0.3) is 0 Å². The lowest BCUT2D eigenvalue weighted by molar-refractivity contribution is -0.133. The van der Waals surface area contributed by atoms with Gasteiger partial charge in [-0.05, 0) is 68.8 Å². The molecule has 1 amide bonds. The Kier molecular flexibility index (Phi) is 6.03. The van der Waals surface area contributed by atoms with Gasteiger partial charge in [0.15, 0.2) is 0 Å². The molecule has 4 nitrogen and oxygen atoms in total. The molecule has 1 aromatic rings. The smallest absolute Gasteiger partial charge is 0.236 e. The fourth-order valence-corrected chi connectivity index (χ4v) is 3.82. The van der Waals surface area contributed by atoms with Gasteiger partial charge in [0, 0.05) is 25.5 Å². The van der Waals surface area contributed by atoms with Gasteiger partial charge >= 0.3 is 0 Å². The molecule has 0 N–H and O–H groups in total. The summed E-state index contributed by atoms with van der Waals surface area (Å²) in [5.74, 6) is 1.05. The maximum atomic E-state index is 12.5. The summed E-state index contributed by atoms with van der Waals surface area (Å²) in [5, 5.41) is 0. The van der Waals surface area contributed by atoms with Crippen LogP contribution in [-0.4, -0.2) is 53.4 Å². The minimum Gasteiger partial charge on any atom is -0.342 e. The van der Waals surface area contributed by atoms with Gasteiger partial charge in [0.05, 0.1) is 6.54 Å². The molecule has 0 bridgehead atoms. The van der Waals surface area contributed by atoms with Gasteiger partial charge in [0.1, 0.15) is 0 Å². The van der Waals surface area contributed by atoms with Crippen LogP contribution in [0.5, 0.6) is 0 Å². The molecule has 3 heterocycles. The Balaban J connectivity index is 1.42. The first-order valence-electron chi connectivity index (χ1n) is 9.20. The summed E-state index contributed by atoms with van der Waals surface area (Å²) < 4.78 is 0. The van der Waals surface area contributed by atoms with Gasteiger partial charge in [0.2, 0.25) is 5.91 Å². The van der Waals surface area contributed by atoms with E-state index in [2.05, 4.69) is 26.9 Å². The summed E-state index contributed by atoms with van der Waals surface area (Å²) in [5.41, 5.74) is 1.37. The normalized spacial score (nSPS) is 21.1. The van der Waals surface area contributed by atoms with Crippen molar-refractivity contribution in [2.75, 3.05) is 32.7 Å². The van der Waals surface area contributed by atoms with Crippen molar-refractivity contribution in [2.45, 2.75) is 44.9 Å². The summed E-state index contributed by atoms with van der Waals surface area (Å²) in [6, 6.07) is 4.22. The second kappa shape index (κ2) is 8.44. The van der Waals surface area contributed by atoms with Gasteiger partial charge < -0.3 is 4.90 Å². The fourth-order valence-electron chi connectivity index (χ4n) is 3.82. The second-order valence-electron chi connectivity index (χ2n) is 7.07. The van der Waals surface area contributed by atoms with E-state index in [0.717, 1.165) is 45.4 Å². The Bertz CT molecular complexity index is 475. The molecule has 23 heavy (non-hydrogen) atoms. The summed E-state index contributed by atoms with van der Waals surface area (Å²) in [6.07, 6.45) is 12.3. The molecule has 0 unspecified atom stereocenters. The highest BCUT2D eigenvalue weighted by molar-refractivity contribution is 5.78. The summed E-state index contributed by atoms with van der Waals surface area (Å²) in [6.45, 7) is 4.70. The zero-order chi connectivity index (χ0) is 15.9. The molecule has 2 saturated heterocycles. The third-order valence-corrected chi connectivity index (χ3v) is 5.30. The first-order chi connectivity index (χ1) is 11.3. The standard InChI is InChI=1S/C19H29N3O/c23-19(16-21-11-3-1-2-4-12-21)22-13-7-18(8-14-22)15-17-5-9-20-10-6-17/h5-6,9-10,18H,1-4,7-8,11-16H2. The summed E-state index contributed by atoms with van der Waals surface area (Å²) in [4.78, 5) is 21.0. The molecule has 2 aliphatic heterocycles. The number of amides is 1. The highest BCUT2D eigenvalue weighted by atomic mass is 16.2. The molecule has 4 heteroatoms. The van der Waals surface area contributed by atoms with Crippen LogP contribution in [-0.2, 0) is 11.2 Å². The van der Waals surface area contributed by atoms with Crippen molar-refractivity contribution in [1.29, 1.82) is 0 Å². The Morgan fingerprint density at radius 1 is 1.00 bits per heavy atom. The highest BCUT2D eigenvalue weighted by Gasteiger charge is 2.24. The van der Waals surface area contributed by atoms with Crippen LogP contribution in [0.15, 0.2) is 24.5 Å². The first kappa shape index (κ1) is 16.4. The first-order valence-corrected chi connectivity index (χ1v) is 9.20. The van der Waals surface area contributed by atoms with E-state index in [4.69, 9.17) is 0 Å². The monoisotopic (exact) mass is 315 g/mol. The van der Waals surface area contributed by atoms with E-state index in [1.165, 1.54) is 31.2 Å². The second-order valence-corrected chi connectivity index (χ2v) is 7.07. The molecule has 0 aliphatic carbocycles. The molecule has 0 radical (unpaired) electrons. The van der Waals surface area contributed by atoms with Crippen molar-refractivity contribution >= 4 is 5.91 Å². The topological polar surface area (TPSA) is 36.4 Å².